The normalized spacial score (nSPS) is 19.1. The van der Waals surface area contributed by atoms with E-state index in [0.717, 1.165) is 26.1 Å². The van der Waals surface area contributed by atoms with Crippen LogP contribution in [0.5, 0.6) is 0 Å². The Morgan fingerprint density at radius 3 is 2.61 bits per heavy atom. The summed E-state index contributed by atoms with van der Waals surface area (Å²) in [4.78, 5) is 6.94. The van der Waals surface area contributed by atoms with E-state index >= 15 is 0 Å². The van der Waals surface area contributed by atoms with Gasteiger partial charge in [0, 0.05) is 19.6 Å². The molecule has 1 fully saturated rings. The van der Waals surface area contributed by atoms with Gasteiger partial charge in [0.25, 0.3) is 0 Å². The van der Waals surface area contributed by atoms with Crippen LogP contribution in [0.3, 0.4) is 0 Å². The molecule has 1 rings (SSSR count). The Morgan fingerprint density at radius 1 is 1.33 bits per heavy atom. The molecule has 108 valence electrons. The van der Waals surface area contributed by atoms with Crippen molar-refractivity contribution in [2.75, 3.05) is 32.7 Å². The minimum absolute atomic E-state index is 0. The number of likely N-dealkylation sites (tertiary alicyclic amines) is 1. The zero-order valence-electron chi connectivity index (χ0n) is 11.8. The Balaban J connectivity index is 0.00000289. The smallest absolute Gasteiger partial charge is 0.188 e. The van der Waals surface area contributed by atoms with Crippen molar-refractivity contribution >= 4 is 29.9 Å². The predicted octanol–water partition coefficient (Wildman–Crippen LogP) is 2.04. The highest BCUT2D eigenvalue weighted by Crippen LogP contribution is 2.10. The van der Waals surface area contributed by atoms with Crippen molar-refractivity contribution in [3.63, 3.8) is 0 Å². The molecule has 0 aliphatic carbocycles. The average Bonchev–Trinajstić information content (AvgIpc) is 2.35. The van der Waals surface area contributed by atoms with Crippen LogP contribution in [0.4, 0.5) is 0 Å². The number of hydrogen-bond donors (Lipinski definition) is 2. The Morgan fingerprint density at radius 2 is 2.00 bits per heavy atom. The summed E-state index contributed by atoms with van der Waals surface area (Å²) in [6.07, 6.45) is 5.20. The molecule has 0 aromatic rings. The molecule has 1 saturated heterocycles. The number of guanidine groups is 1. The molecule has 0 radical (unpaired) electrons. The first-order valence-electron chi connectivity index (χ1n) is 6.98. The van der Waals surface area contributed by atoms with Gasteiger partial charge >= 0.3 is 0 Å². The molecule has 0 saturated carbocycles. The SMILES string of the molecule is CCCNC(N)=NCC(C)CN1CCCCC1.I. The first-order valence-corrected chi connectivity index (χ1v) is 6.98. The third-order valence-electron chi connectivity index (χ3n) is 3.15. The van der Waals surface area contributed by atoms with Gasteiger partial charge in [0.2, 0.25) is 0 Å². The van der Waals surface area contributed by atoms with E-state index in [1.165, 1.54) is 32.4 Å². The lowest BCUT2D eigenvalue weighted by atomic mass is 10.1. The molecule has 1 heterocycles. The first-order chi connectivity index (χ1) is 8.22. The zero-order valence-corrected chi connectivity index (χ0v) is 14.2. The van der Waals surface area contributed by atoms with E-state index in [1.54, 1.807) is 0 Å². The fourth-order valence-corrected chi connectivity index (χ4v) is 2.20. The van der Waals surface area contributed by atoms with Crippen molar-refractivity contribution in [2.45, 2.75) is 39.5 Å². The number of piperidine rings is 1. The third-order valence-corrected chi connectivity index (χ3v) is 3.15. The topological polar surface area (TPSA) is 53.6 Å². The van der Waals surface area contributed by atoms with Crippen LogP contribution in [0.25, 0.3) is 0 Å². The van der Waals surface area contributed by atoms with Gasteiger partial charge in [-0.05, 0) is 38.3 Å². The molecule has 1 unspecified atom stereocenters. The van der Waals surface area contributed by atoms with Crippen LogP contribution in [0.15, 0.2) is 4.99 Å². The van der Waals surface area contributed by atoms with Gasteiger partial charge in [-0.3, -0.25) is 4.99 Å². The Labute approximate surface area is 129 Å². The monoisotopic (exact) mass is 368 g/mol. The summed E-state index contributed by atoms with van der Waals surface area (Å²) >= 11 is 0. The number of nitrogens with one attached hydrogen (secondary N) is 1. The molecule has 0 aromatic carbocycles. The number of nitrogens with two attached hydrogens (primary N) is 1. The lowest BCUT2D eigenvalue weighted by molar-refractivity contribution is 0.203. The van der Waals surface area contributed by atoms with Gasteiger partial charge in [-0.15, -0.1) is 24.0 Å². The van der Waals surface area contributed by atoms with E-state index in [0.29, 0.717) is 11.9 Å². The molecule has 0 spiro atoms. The van der Waals surface area contributed by atoms with Crippen LogP contribution < -0.4 is 11.1 Å². The highest BCUT2D eigenvalue weighted by atomic mass is 127. The van der Waals surface area contributed by atoms with Crippen LogP contribution in [-0.2, 0) is 0 Å². The zero-order chi connectivity index (χ0) is 12.5. The van der Waals surface area contributed by atoms with Crippen molar-refractivity contribution in [3.8, 4) is 0 Å². The van der Waals surface area contributed by atoms with Crippen molar-refractivity contribution in [1.82, 2.24) is 10.2 Å². The molecule has 0 aromatic heterocycles. The van der Waals surface area contributed by atoms with Crippen molar-refractivity contribution in [1.29, 1.82) is 0 Å². The van der Waals surface area contributed by atoms with Crippen LogP contribution in [0.2, 0.25) is 0 Å². The van der Waals surface area contributed by atoms with Gasteiger partial charge in [-0.1, -0.05) is 20.3 Å². The van der Waals surface area contributed by atoms with Gasteiger partial charge in [-0.25, -0.2) is 0 Å². The van der Waals surface area contributed by atoms with E-state index in [-0.39, 0.29) is 24.0 Å². The maximum atomic E-state index is 5.77. The molecule has 0 bridgehead atoms. The number of aliphatic imine (C=N–C) groups is 1. The van der Waals surface area contributed by atoms with Crippen molar-refractivity contribution in [3.05, 3.63) is 0 Å². The van der Waals surface area contributed by atoms with Gasteiger partial charge in [0.05, 0.1) is 0 Å². The summed E-state index contributed by atoms with van der Waals surface area (Å²) in [5, 5.41) is 3.11. The fraction of sp³-hybridized carbons (Fsp3) is 0.923. The van der Waals surface area contributed by atoms with Crippen LogP contribution >= 0.6 is 24.0 Å². The van der Waals surface area contributed by atoms with E-state index < -0.39 is 0 Å². The number of halogens is 1. The number of rotatable bonds is 6. The highest BCUT2D eigenvalue weighted by molar-refractivity contribution is 14.0. The quantitative estimate of drug-likeness (QED) is 0.429. The molecular formula is C13H29IN4. The lowest BCUT2D eigenvalue weighted by Crippen LogP contribution is -2.35. The average molecular weight is 368 g/mol. The summed E-state index contributed by atoms with van der Waals surface area (Å²) < 4.78 is 0. The lowest BCUT2D eigenvalue weighted by Gasteiger charge is -2.28. The molecule has 3 N–H and O–H groups in total. The van der Waals surface area contributed by atoms with Gasteiger partial charge in [0.15, 0.2) is 5.96 Å². The molecule has 1 aliphatic rings. The van der Waals surface area contributed by atoms with E-state index in [1.807, 2.05) is 0 Å². The second kappa shape index (κ2) is 10.8. The van der Waals surface area contributed by atoms with Gasteiger partial charge in [-0.2, -0.15) is 0 Å². The maximum absolute atomic E-state index is 5.77. The molecule has 0 amide bonds. The minimum Gasteiger partial charge on any atom is -0.370 e. The van der Waals surface area contributed by atoms with Crippen LogP contribution in [-0.4, -0.2) is 43.6 Å². The molecule has 1 atom stereocenters. The summed E-state index contributed by atoms with van der Waals surface area (Å²) in [7, 11) is 0. The highest BCUT2D eigenvalue weighted by Gasteiger charge is 2.12. The van der Waals surface area contributed by atoms with Crippen molar-refractivity contribution in [2.24, 2.45) is 16.6 Å². The van der Waals surface area contributed by atoms with E-state index in [2.05, 4.69) is 29.1 Å². The van der Waals surface area contributed by atoms with E-state index in [4.69, 9.17) is 5.73 Å². The summed E-state index contributed by atoms with van der Waals surface area (Å²) in [5.41, 5.74) is 5.77. The van der Waals surface area contributed by atoms with Crippen LogP contribution in [0, 0.1) is 5.92 Å². The Kier molecular flexibility index (Phi) is 10.8. The van der Waals surface area contributed by atoms with Gasteiger partial charge in [0.1, 0.15) is 0 Å². The molecule has 4 nitrogen and oxygen atoms in total. The Hall–Kier alpha value is -0.0400. The fourth-order valence-electron chi connectivity index (χ4n) is 2.20. The number of nitrogens with zero attached hydrogens (tertiary/aromatic N) is 2. The predicted molar refractivity (Wildman–Crippen MR) is 89.7 cm³/mol. The maximum Gasteiger partial charge on any atom is 0.188 e. The summed E-state index contributed by atoms with van der Waals surface area (Å²) in [5.74, 6) is 1.19. The molecular weight excluding hydrogens is 339 g/mol. The first kappa shape index (κ1) is 18.0. The largest absolute Gasteiger partial charge is 0.370 e. The van der Waals surface area contributed by atoms with Gasteiger partial charge < -0.3 is 16.0 Å². The number of hydrogen-bond acceptors (Lipinski definition) is 2. The summed E-state index contributed by atoms with van der Waals surface area (Å²) in [6.45, 7) is 9.80. The molecule has 1 aliphatic heterocycles. The Bertz CT molecular complexity index is 227. The molecule has 18 heavy (non-hydrogen) atoms. The van der Waals surface area contributed by atoms with Crippen LogP contribution in [0.1, 0.15) is 39.5 Å². The molecule has 5 heteroatoms. The minimum atomic E-state index is 0. The van der Waals surface area contributed by atoms with E-state index in [9.17, 15) is 0 Å². The second-order valence-electron chi connectivity index (χ2n) is 5.12. The second-order valence-corrected chi connectivity index (χ2v) is 5.12. The van der Waals surface area contributed by atoms with Crippen molar-refractivity contribution < 1.29 is 0 Å². The standard InChI is InChI=1S/C13H28N4.HI/c1-3-7-15-13(14)16-10-12(2)11-17-8-5-4-6-9-17;/h12H,3-11H2,1-2H3,(H3,14,15,16);1H. The summed E-state index contributed by atoms with van der Waals surface area (Å²) in [6, 6.07) is 0. The third kappa shape index (κ3) is 8.13.